The van der Waals surface area contributed by atoms with Crippen molar-refractivity contribution in [1.82, 2.24) is 15.0 Å². The van der Waals surface area contributed by atoms with Crippen LogP contribution in [0.1, 0.15) is 19.9 Å². The summed E-state index contributed by atoms with van der Waals surface area (Å²) in [5, 5.41) is 8.41. The molecule has 2 heterocycles. The predicted molar refractivity (Wildman–Crippen MR) is 88.5 cm³/mol. The number of carbonyl (C=O) groups is 1. The molecular weight excluding hydrogens is 314 g/mol. The van der Waals surface area contributed by atoms with Crippen LogP contribution < -0.4 is 5.56 Å². The number of hydrogen-bond donors (Lipinski definition) is 0. The largest absolute Gasteiger partial charge is 0.464 e. The minimum absolute atomic E-state index is 0.254. The molecule has 0 N–H and O–H groups in total. The third kappa shape index (κ3) is 2.87. The van der Waals surface area contributed by atoms with Gasteiger partial charge in [0.05, 0.1) is 12.0 Å². The number of ether oxygens (including phenoxy) is 1. The Morgan fingerprint density at radius 3 is 2.78 bits per heavy atom. The van der Waals surface area contributed by atoms with Gasteiger partial charge in [-0.3, -0.25) is 4.79 Å². The molecule has 0 amide bonds. The first kappa shape index (κ1) is 15.4. The minimum Gasteiger partial charge on any atom is -0.464 e. The molecule has 0 unspecified atom stereocenters. The maximum absolute atomic E-state index is 12.6. The molecule has 0 aliphatic rings. The average Bonchev–Trinajstić information content (AvgIpc) is 3.01. The summed E-state index contributed by atoms with van der Waals surface area (Å²) in [6.07, 6.45) is 0. The van der Waals surface area contributed by atoms with Gasteiger partial charge in [0.15, 0.2) is 10.9 Å². The summed E-state index contributed by atoms with van der Waals surface area (Å²) >= 11 is 1.40. The van der Waals surface area contributed by atoms with Gasteiger partial charge in [-0.15, -0.1) is 16.4 Å². The highest BCUT2D eigenvalue weighted by atomic mass is 32.1. The van der Waals surface area contributed by atoms with Crippen molar-refractivity contribution in [3.8, 4) is 10.4 Å². The van der Waals surface area contributed by atoms with Gasteiger partial charge in [0.1, 0.15) is 0 Å². The van der Waals surface area contributed by atoms with Crippen LogP contribution in [-0.2, 0) is 9.53 Å². The molecule has 0 spiro atoms. The first-order valence-corrected chi connectivity index (χ1v) is 8.04. The fraction of sp³-hybridized carbons (Fsp3) is 0.250. The lowest BCUT2D eigenvalue weighted by molar-refractivity contribution is -0.147. The molecule has 0 saturated heterocycles. The SMILES string of the molecule is CCOC(=O)[C@@H](C)n1nnc2sc(-c3ccccc3)cc2c1=O. The third-order valence-electron chi connectivity index (χ3n) is 3.44. The Morgan fingerprint density at radius 2 is 2.09 bits per heavy atom. The van der Waals surface area contributed by atoms with E-state index < -0.39 is 12.0 Å². The highest BCUT2D eigenvalue weighted by Crippen LogP contribution is 2.30. The standard InChI is InChI=1S/C16H15N3O3S/c1-3-22-16(21)10(2)19-15(20)12-9-13(23-14(12)17-18-19)11-7-5-4-6-8-11/h4-10H,3H2,1-2H3/t10-/m1/s1. The molecular formula is C16H15N3O3S. The lowest BCUT2D eigenvalue weighted by atomic mass is 10.2. The van der Waals surface area contributed by atoms with Gasteiger partial charge in [-0.2, -0.15) is 4.68 Å². The fourth-order valence-electron chi connectivity index (χ4n) is 2.22. The number of thiophene rings is 1. The van der Waals surface area contributed by atoms with E-state index >= 15 is 0 Å². The van der Waals surface area contributed by atoms with Crippen molar-refractivity contribution in [3.05, 3.63) is 46.8 Å². The molecule has 0 bridgehead atoms. The van der Waals surface area contributed by atoms with E-state index in [2.05, 4.69) is 10.3 Å². The van der Waals surface area contributed by atoms with Crippen LogP contribution in [0.2, 0.25) is 0 Å². The molecule has 0 saturated carbocycles. The Labute approximate surface area is 136 Å². The maximum Gasteiger partial charge on any atom is 0.330 e. The van der Waals surface area contributed by atoms with Crippen molar-refractivity contribution < 1.29 is 9.53 Å². The Morgan fingerprint density at radius 1 is 1.35 bits per heavy atom. The molecule has 0 aliphatic carbocycles. The van der Waals surface area contributed by atoms with Gasteiger partial charge in [0.25, 0.3) is 5.56 Å². The molecule has 0 fully saturated rings. The zero-order valence-corrected chi connectivity index (χ0v) is 13.5. The van der Waals surface area contributed by atoms with E-state index in [4.69, 9.17) is 4.74 Å². The number of aromatic nitrogens is 3. The van der Waals surface area contributed by atoms with Crippen LogP contribution >= 0.6 is 11.3 Å². The monoisotopic (exact) mass is 329 g/mol. The fourth-order valence-corrected chi connectivity index (χ4v) is 3.20. The van der Waals surface area contributed by atoms with Crippen molar-refractivity contribution in [2.45, 2.75) is 19.9 Å². The van der Waals surface area contributed by atoms with Crippen molar-refractivity contribution in [3.63, 3.8) is 0 Å². The number of carbonyl (C=O) groups excluding carboxylic acids is 1. The van der Waals surface area contributed by atoms with Gasteiger partial charge in [-0.05, 0) is 25.5 Å². The quantitative estimate of drug-likeness (QED) is 0.688. The molecule has 2 aromatic heterocycles. The highest BCUT2D eigenvalue weighted by Gasteiger charge is 2.21. The molecule has 1 atom stereocenters. The molecule has 3 aromatic rings. The summed E-state index contributed by atoms with van der Waals surface area (Å²) in [6.45, 7) is 3.54. The molecule has 6 nitrogen and oxygen atoms in total. The number of hydrogen-bond acceptors (Lipinski definition) is 6. The van der Waals surface area contributed by atoms with Crippen molar-refractivity contribution in [2.75, 3.05) is 6.61 Å². The molecule has 0 aliphatic heterocycles. The molecule has 7 heteroatoms. The Bertz CT molecular complexity index is 902. The van der Waals surface area contributed by atoms with Crippen molar-refractivity contribution in [1.29, 1.82) is 0 Å². The zero-order chi connectivity index (χ0) is 16.4. The first-order valence-electron chi connectivity index (χ1n) is 7.23. The molecule has 3 rings (SSSR count). The third-order valence-corrected chi connectivity index (χ3v) is 4.50. The topological polar surface area (TPSA) is 74.1 Å². The van der Waals surface area contributed by atoms with Crippen molar-refractivity contribution >= 4 is 27.5 Å². The Kier molecular flexibility index (Phi) is 4.20. The van der Waals surface area contributed by atoms with Crippen LogP contribution in [0.3, 0.4) is 0 Å². The van der Waals surface area contributed by atoms with Gasteiger partial charge in [0, 0.05) is 4.88 Å². The Balaban J connectivity index is 2.06. The van der Waals surface area contributed by atoms with Crippen LogP contribution in [-0.4, -0.2) is 27.6 Å². The summed E-state index contributed by atoms with van der Waals surface area (Å²) in [5.74, 6) is -0.498. The smallest absolute Gasteiger partial charge is 0.330 e. The highest BCUT2D eigenvalue weighted by molar-refractivity contribution is 7.21. The van der Waals surface area contributed by atoms with Gasteiger partial charge in [0.2, 0.25) is 0 Å². The van der Waals surface area contributed by atoms with Gasteiger partial charge in [-0.1, -0.05) is 35.5 Å². The van der Waals surface area contributed by atoms with E-state index in [9.17, 15) is 9.59 Å². The van der Waals surface area contributed by atoms with Crippen LogP contribution in [0.5, 0.6) is 0 Å². The lowest BCUT2D eigenvalue weighted by Gasteiger charge is -2.11. The van der Waals surface area contributed by atoms with Crippen LogP contribution in [0.15, 0.2) is 41.2 Å². The minimum atomic E-state index is -0.806. The summed E-state index contributed by atoms with van der Waals surface area (Å²) in [7, 11) is 0. The van der Waals surface area contributed by atoms with Gasteiger partial charge in [-0.25, -0.2) is 4.79 Å². The van der Waals surface area contributed by atoms with E-state index in [0.29, 0.717) is 10.2 Å². The van der Waals surface area contributed by atoms with E-state index in [1.54, 1.807) is 19.9 Å². The van der Waals surface area contributed by atoms with E-state index in [-0.39, 0.29) is 12.2 Å². The molecule has 1 aromatic carbocycles. The number of benzene rings is 1. The second-order valence-corrected chi connectivity index (χ2v) is 5.99. The van der Waals surface area contributed by atoms with Crippen molar-refractivity contribution in [2.24, 2.45) is 0 Å². The Hall–Kier alpha value is -2.54. The van der Waals surface area contributed by atoms with E-state index in [0.717, 1.165) is 15.1 Å². The molecule has 118 valence electrons. The molecule has 0 radical (unpaired) electrons. The molecule has 23 heavy (non-hydrogen) atoms. The lowest BCUT2D eigenvalue weighted by Crippen LogP contribution is -2.31. The number of esters is 1. The van der Waals surface area contributed by atoms with Gasteiger partial charge < -0.3 is 4.74 Å². The van der Waals surface area contributed by atoms with Gasteiger partial charge >= 0.3 is 5.97 Å². The number of rotatable bonds is 4. The van der Waals surface area contributed by atoms with Crippen LogP contribution in [0.25, 0.3) is 20.7 Å². The summed E-state index contributed by atoms with van der Waals surface area (Å²) in [6, 6.07) is 10.7. The maximum atomic E-state index is 12.6. The summed E-state index contributed by atoms with van der Waals surface area (Å²) in [5.41, 5.74) is 0.675. The van der Waals surface area contributed by atoms with E-state index in [1.165, 1.54) is 11.3 Å². The predicted octanol–water partition coefficient (Wildman–Crippen LogP) is 2.64. The average molecular weight is 329 g/mol. The zero-order valence-electron chi connectivity index (χ0n) is 12.7. The normalized spacial score (nSPS) is 12.3. The number of fused-ring (bicyclic) bond motifs is 1. The number of nitrogens with zero attached hydrogens (tertiary/aromatic N) is 3. The second kappa shape index (κ2) is 6.29. The van der Waals surface area contributed by atoms with E-state index in [1.807, 2.05) is 30.3 Å². The summed E-state index contributed by atoms with van der Waals surface area (Å²) < 4.78 is 6.01. The van der Waals surface area contributed by atoms with Crippen LogP contribution in [0, 0.1) is 0 Å². The van der Waals surface area contributed by atoms with Crippen LogP contribution in [0.4, 0.5) is 0 Å². The summed E-state index contributed by atoms with van der Waals surface area (Å²) in [4.78, 5) is 25.9. The second-order valence-electron chi connectivity index (χ2n) is 4.96. The first-order chi connectivity index (χ1) is 11.1.